The van der Waals surface area contributed by atoms with Gasteiger partial charge in [0.25, 0.3) is 0 Å². The van der Waals surface area contributed by atoms with Crippen LogP contribution in [0.2, 0.25) is 0 Å². The maximum absolute atomic E-state index is 11.9. The third kappa shape index (κ3) is 3.60. The molecule has 2 N–H and O–H groups in total. The maximum atomic E-state index is 11.9. The van der Waals surface area contributed by atoms with Gasteiger partial charge in [0.1, 0.15) is 0 Å². The summed E-state index contributed by atoms with van der Waals surface area (Å²) in [6.45, 7) is 4.39. The lowest BCUT2D eigenvalue weighted by atomic mass is 9.56. The highest BCUT2D eigenvalue weighted by atomic mass is 19.4. The van der Waals surface area contributed by atoms with Gasteiger partial charge in [-0.2, -0.15) is 13.2 Å². The number of carbonyl (C=O) groups is 1. The lowest BCUT2D eigenvalue weighted by molar-refractivity contribution is -0.182. The van der Waals surface area contributed by atoms with E-state index < -0.39 is 18.6 Å². The van der Waals surface area contributed by atoms with Crippen molar-refractivity contribution in [2.45, 2.75) is 45.0 Å². The molecule has 0 heterocycles. The predicted octanol–water partition coefficient (Wildman–Crippen LogP) is 1.46. The number of carbonyl (C=O) groups excluding carboxylic acids is 1. The van der Waals surface area contributed by atoms with Gasteiger partial charge in [-0.3, -0.25) is 4.79 Å². The van der Waals surface area contributed by atoms with Gasteiger partial charge >= 0.3 is 6.18 Å². The van der Waals surface area contributed by atoms with Gasteiger partial charge in [0.2, 0.25) is 5.91 Å². The Balaban J connectivity index is 2.36. The highest BCUT2D eigenvalue weighted by Crippen LogP contribution is 2.51. The zero-order valence-electron chi connectivity index (χ0n) is 11.6. The molecule has 4 nitrogen and oxygen atoms in total. The molecule has 0 saturated heterocycles. The molecule has 1 aliphatic rings. The van der Waals surface area contributed by atoms with Crippen LogP contribution < -0.4 is 10.6 Å². The van der Waals surface area contributed by atoms with Crippen LogP contribution in [0.15, 0.2) is 0 Å². The summed E-state index contributed by atoms with van der Waals surface area (Å²) in [5.74, 6) is -0.430. The molecule has 1 saturated carbocycles. The van der Waals surface area contributed by atoms with E-state index in [1.165, 1.54) is 0 Å². The first-order chi connectivity index (χ1) is 8.52. The van der Waals surface area contributed by atoms with E-state index in [9.17, 15) is 18.0 Å². The summed E-state index contributed by atoms with van der Waals surface area (Å²) in [5, 5.41) is 4.81. The smallest absolute Gasteiger partial charge is 0.378 e. The summed E-state index contributed by atoms with van der Waals surface area (Å²) in [4.78, 5) is 11.5. The third-order valence-electron chi connectivity index (χ3n) is 4.22. The molecule has 0 radical (unpaired) electrons. The van der Waals surface area contributed by atoms with Gasteiger partial charge in [0.15, 0.2) is 0 Å². The van der Waals surface area contributed by atoms with Gasteiger partial charge in [-0.05, 0) is 13.3 Å². The number of hydrogen-bond donors (Lipinski definition) is 2. The summed E-state index contributed by atoms with van der Waals surface area (Å²) in [7, 11) is 1.62. The van der Waals surface area contributed by atoms with Crippen LogP contribution in [0.3, 0.4) is 0 Å². The van der Waals surface area contributed by atoms with Crippen LogP contribution in [0.4, 0.5) is 13.2 Å². The van der Waals surface area contributed by atoms with E-state index in [4.69, 9.17) is 4.74 Å². The summed E-state index contributed by atoms with van der Waals surface area (Å²) >= 11 is 0. The number of ether oxygens (including phenoxy) is 1. The van der Waals surface area contributed by atoms with Crippen molar-refractivity contribution in [2.24, 2.45) is 5.41 Å². The van der Waals surface area contributed by atoms with Crippen molar-refractivity contribution in [1.82, 2.24) is 10.6 Å². The summed E-state index contributed by atoms with van der Waals surface area (Å²) in [6.07, 6.45) is -3.65. The SMILES string of the molecule is CO[C@]1(C)C[C@@H](NC(=O)CNCC(F)(F)F)C1(C)C. The molecular weight excluding hydrogens is 261 g/mol. The molecule has 19 heavy (non-hydrogen) atoms. The Bertz CT molecular complexity index is 344. The van der Waals surface area contributed by atoms with Crippen LogP contribution in [0.1, 0.15) is 27.2 Å². The normalized spacial score (nSPS) is 29.7. The largest absolute Gasteiger partial charge is 0.401 e. The number of methoxy groups -OCH3 is 1. The number of rotatable bonds is 5. The van der Waals surface area contributed by atoms with Crippen molar-refractivity contribution < 1.29 is 22.7 Å². The van der Waals surface area contributed by atoms with E-state index in [1.54, 1.807) is 7.11 Å². The van der Waals surface area contributed by atoms with Crippen molar-refractivity contribution in [3.63, 3.8) is 0 Å². The van der Waals surface area contributed by atoms with Crippen molar-refractivity contribution in [3.8, 4) is 0 Å². The van der Waals surface area contributed by atoms with E-state index in [-0.39, 0.29) is 23.6 Å². The molecule has 2 atom stereocenters. The van der Waals surface area contributed by atoms with Crippen LogP contribution in [0.25, 0.3) is 0 Å². The molecule has 0 unspecified atom stereocenters. The monoisotopic (exact) mass is 282 g/mol. The lowest BCUT2D eigenvalue weighted by Crippen LogP contribution is -2.69. The first-order valence-electron chi connectivity index (χ1n) is 6.14. The highest BCUT2D eigenvalue weighted by Gasteiger charge is 2.58. The Morgan fingerprint density at radius 2 is 1.95 bits per heavy atom. The molecule has 1 fully saturated rings. The van der Waals surface area contributed by atoms with Crippen LogP contribution in [-0.4, -0.2) is 43.9 Å². The summed E-state index contributed by atoms with van der Waals surface area (Å²) in [6, 6.07) is -0.0855. The van der Waals surface area contributed by atoms with Gasteiger partial charge in [-0.25, -0.2) is 0 Å². The van der Waals surface area contributed by atoms with Crippen molar-refractivity contribution in [1.29, 1.82) is 0 Å². The van der Waals surface area contributed by atoms with Gasteiger partial charge in [-0.1, -0.05) is 13.8 Å². The third-order valence-corrected chi connectivity index (χ3v) is 4.22. The van der Waals surface area contributed by atoms with Crippen LogP contribution in [0, 0.1) is 5.41 Å². The van der Waals surface area contributed by atoms with Crippen LogP contribution >= 0.6 is 0 Å². The molecule has 0 aromatic carbocycles. The minimum absolute atomic E-state index is 0.0855. The molecule has 1 aliphatic carbocycles. The first-order valence-corrected chi connectivity index (χ1v) is 6.14. The maximum Gasteiger partial charge on any atom is 0.401 e. The quantitative estimate of drug-likeness (QED) is 0.802. The number of nitrogens with one attached hydrogen (secondary N) is 2. The number of amides is 1. The minimum atomic E-state index is -4.30. The zero-order chi connectivity index (χ0) is 14.9. The fourth-order valence-electron chi connectivity index (χ4n) is 2.29. The van der Waals surface area contributed by atoms with Crippen molar-refractivity contribution in [3.05, 3.63) is 0 Å². The topological polar surface area (TPSA) is 50.4 Å². The zero-order valence-corrected chi connectivity index (χ0v) is 11.6. The Kier molecular flexibility index (Phi) is 4.51. The van der Waals surface area contributed by atoms with E-state index in [2.05, 4.69) is 10.6 Å². The number of alkyl halides is 3. The summed E-state index contributed by atoms with van der Waals surface area (Å²) in [5.41, 5.74) is -0.564. The summed E-state index contributed by atoms with van der Waals surface area (Å²) < 4.78 is 41.1. The fourth-order valence-corrected chi connectivity index (χ4v) is 2.29. The predicted molar refractivity (Wildman–Crippen MR) is 64.7 cm³/mol. The number of hydrogen-bond acceptors (Lipinski definition) is 3. The van der Waals surface area contributed by atoms with Gasteiger partial charge in [0, 0.05) is 18.6 Å². The van der Waals surface area contributed by atoms with Crippen molar-refractivity contribution >= 4 is 5.91 Å². The molecule has 112 valence electrons. The lowest BCUT2D eigenvalue weighted by Gasteiger charge is -2.59. The molecule has 0 spiro atoms. The second kappa shape index (κ2) is 5.28. The molecule has 0 aromatic heterocycles. The van der Waals surface area contributed by atoms with Gasteiger partial charge in [0.05, 0.1) is 18.7 Å². The molecular formula is C12H21F3N2O2. The van der Waals surface area contributed by atoms with Crippen LogP contribution in [-0.2, 0) is 9.53 Å². The standard InChI is InChI=1S/C12H21F3N2O2/c1-10(2)8(5-11(10,3)19-4)17-9(18)6-16-7-12(13,14)15/h8,16H,5-7H2,1-4H3,(H,17,18)/t8-,11-/m1/s1. The Morgan fingerprint density at radius 1 is 1.37 bits per heavy atom. The molecule has 0 aliphatic heterocycles. The van der Waals surface area contributed by atoms with E-state index >= 15 is 0 Å². The van der Waals surface area contributed by atoms with Crippen molar-refractivity contribution in [2.75, 3.05) is 20.2 Å². The van der Waals surface area contributed by atoms with Gasteiger partial charge in [-0.15, -0.1) is 0 Å². The molecule has 0 bridgehead atoms. The Labute approximate surface area is 111 Å². The molecule has 7 heteroatoms. The molecule has 1 amide bonds. The average molecular weight is 282 g/mol. The second-order valence-corrected chi connectivity index (χ2v) is 5.70. The van der Waals surface area contributed by atoms with E-state index in [1.807, 2.05) is 20.8 Å². The Hall–Kier alpha value is -0.820. The fraction of sp³-hybridized carbons (Fsp3) is 0.917. The highest BCUT2D eigenvalue weighted by molar-refractivity contribution is 5.78. The van der Waals surface area contributed by atoms with Gasteiger partial charge < -0.3 is 15.4 Å². The van der Waals surface area contributed by atoms with E-state index in [0.717, 1.165) is 0 Å². The molecule has 1 rings (SSSR count). The van der Waals surface area contributed by atoms with E-state index in [0.29, 0.717) is 6.42 Å². The first kappa shape index (κ1) is 16.2. The molecule has 0 aromatic rings. The number of halogens is 3. The Morgan fingerprint density at radius 3 is 2.37 bits per heavy atom. The minimum Gasteiger partial charge on any atom is -0.378 e. The second-order valence-electron chi connectivity index (χ2n) is 5.70. The van der Waals surface area contributed by atoms with Crippen LogP contribution in [0.5, 0.6) is 0 Å². The average Bonchev–Trinajstić information content (AvgIpc) is 2.26.